The molecular formula is C15H12O3S. The minimum Gasteiger partial charge on any atom is -0.491 e. The van der Waals surface area contributed by atoms with Gasteiger partial charge in [-0.25, -0.2) is 0 Å². The Morgan fingerprint density at radius 1 is 1.05 bits per heavy atom. The molecule has 0 aliphatic heterocycles. The highest BCUT2D eigenvalue weighted by atomic mass is 32.1. The van der Waals surface area contributed by atoms with E-state index in [-0.39, 0.29) is 18.6 Å². The van der Waals surface area contributed by atoms with Gasteiger partial charge in [-0.2, -0.15) is 0 Å². The number of benzene rings is 2. The molecule has 0 radical (unpaired) electrons. The van der Waals surface area contributed by atoms with E-state index in [2.05, 4.69) is 0 Å². The molecule has 19 heavy (non-hydrogen) atoms. The molecular weight excluding hydrogens is 260 g/mol. The predicted octanol–water partition coefficient (Wildman–Crippen LogP) is 2.79. The number of rotatable bonds is 3. The Hall–Kier alpha value is -1.91. The van der Waals surface area contributed by atoms with Gasteiger partial charge in [-0.05, 0) is 30.3 Å². The van der Waals surface area contributed by atoms with Gasteiger partial charge in [-0.15, -0.1) is 11.3 Å². The highest BCUT2D eigenvalue weighted by Gasteiger charge is 2.06. The first-order chi connectivity index (χ1) is 9.29. The standard InChI is InChI=1S/C15H12O3S/c16-7-8-18-10-5-6-12-14(9-10)19-13-4-2-1-3-11(13)15(12)17/h1-6,9,16H,7-8H2. The third-order valence-electron chi connectivity index (χ3n) is 2.91. The number of aliphatic hydroxyl groups is 1. The number of hydrogen-bond acceptors (Lipinski definition) is 4. The van der Waals surface area contributed by atoms with Crippen molar-refractivity contribution < 1.29 is 9.84 Å². The highest BCUT2D eigenvalue weighted by molar-refractivity contribution is 7.24. The lowest BCUT2D eigenvalue weighted by atomic mass is 10.2. The average Bonchev–Trinajstić information content (AvgIpc) is 2.45. The van der Waals surface area contributed by atoms with Gasteiger partial charge in [0.1, 0.15) is 12.4 Å². The van der Waals surface area contributed by atoms with Crippen LogP contribution in [0.1, 0.15) is 0 Å². The van der Waals surface area contributed by atoms with Gasteiger partial charge in [0.2, 0.25) is 0 Å². The summed E-state index contributed by atoms with van der Waals surface area (Å²) in [7, 11) is 0. The van der Waals surface area contributed by atoms with Crippen molar-refractivity contribution in [2.24, 2.45) is 0 Å². The van der Waals surface area contributed by atoms with E-state index in [1.807, 2.05) is 30.3 Å². The maximum absolute atomic E-state index is 12.3. The second kappa shape index (κ2) is 4.99. The smallest absolute Gasteiger partial charge is 0.195 e. The monoisotopic (exact) mass is 272 g/mol. The summed E-state index contributed by atoms with van der Waals surface area (Å²) in [6.45, 7) is 0.236. The molecule has 3 nitrogen and oxygen atoms in total. The van der Waals surface area contributed by atoms with Crippen molar-refractivity contribution in [1.29, 1.82) is 0 Å². The summed E-state index contributed by atoms with van der Waals surface area (Å²) < 4.78 is 7.24. The van der Waals surface area contributed by atoms with Gasteiger partial charge in [0.25, 0.3) is 0 Å². The Kier molecular flexibility index (Phi) is 3.19. The Labute approximate surface area is 113 Å². The van der Waals surface area contributed by atoms with Crippen molar-refractivity contribution in [2.45, 2.75) is 0 Å². The molecule has 0 saturated heterocycles. The Bertz CT molecular complexity index is 792. The lowest BCUT2D eigenvalue weighted by Crippen LogP contribution is -2.03. The van der Waals surface area contributed by atoms with E-state index in [9.17, 15) is 4.79 Å². The summed E-state index contributed by atoms with van der Waals surface area (Å²) >= 11 is 1.57. The lowest BCUT2D eigenvalue weighted by molar-refractivity contribution is 0.201. The van der Waals surface area contributed by atoms with Crippen molar-refractivity contribution in [3.63, 3.8) is 0 Å². The number of fused-ring (bicyclic) bond motifs is 2. The minimum absolute atomic E-state index is 0.0218. The third kappa shape index (κ3) is 2.20. The number of ether oxygens (including phenoxy) is 1. The van der Waals surface area contributed by atoms with Gasteiger partial charge in [-0.3, -0.25) is 4.79 Å². The second-order valence-electron chi connectivity index (χ2n) is 4.16. The molecule has 1 N–H and O–H groups in total. The summed E-state index contributed by atoms with van der Waals surface area (Å²) in [4.78, 5) is 12.3. The van der Waals surface area contributed by atoms with E-state index >= 15 is 0 Å². The molecule has 3 aromatic rings. The van der Waals surface area contributed by atoms with Crippen LogP contribution >= 0.6 is 11.3 Å². The average molecular weight is 272 g/mol. The Morgan fingerprint density at radius 3 is 2.68 bits per heavy atom. The van der Waals surface area contributed by atoms with Crippen molar-refractivity contribution in [1.82, 2.24) is 0 Å². The molecule has 0 saturated carbocycles. The molecule has 1 heterocycles. The molecule has 3 rings (SSSR count). The molecule has 0 bridgehead atoms. The zero-order chi connectivity index (χ0) is 13.2. The van der Waals surface area contributed by atoms with E-state index in [1.165, 1.54) is 0 Å². The highest BCUT2D eigenvalue weighted by Crippen LogP contribution is 2.27. The van der Waals surface area contributed by atoms with Gasteiger partial charge in [0.15, 0.2) is 5.43 Å². The largest absolute Gasteiger partial charge is 0.491 e. The summed E-state index contributed by atoms with van der Waals surface area (Å²) in [5, 5.41) is 10.2. The molecule has 0 aliphatic carbocycles. The van der Waals surface area contributed by atoms with Gasteiger partial charge >= 0.3 is 0 Å². The lowest BCUT2D eigenvalue weighted by Gasteiger charge is -2.06. The Balaban J connectivity index is 2.23. The molecule has 0 amide bonds. The van der Waals surface area contributed by atoms with Crippen LogP contribution in [0.25, 0.3) is 20.2 Å². The molecule has 2 aromatic carbocycles. The van der Waals surface area contributed by atoms with Crippen molar-refractivity contribution >= 4 is 31.5 Å². The molecule has 4 heteroatoms. The minimum atomic E-state index is -0.0218. The molecule has 0 spiro atoms. The first-order valence-corrected chi connectivity index (χ1v) is 6.80. The zero-order valence-corrected chi connectivity index (χ0v) is 10.9. The quantitative estimate of drug-likeness (QED) is 0.746. The predicted molar refractivity (Wildman–Crippen MR) is 78.2 cm³/mol. The van der Waals surface area contributed by atoms with E-state index in [0.29, 0.717) is 11.1 Å². The van der Waals surface area contributed by atoms with E-state index in [4.69, 9.17) is 9.84 Å². The molecule has 96 valence electrons. The van der Waals surface area contributed by atoms with Crippen LogP contribution < -0.4 is 10.2 Å². The zero-order valence-electron chi connectivity index (χ0n) is 10.1. The fourth-order valence-corrected chi connectivity index (χ4v) is 3.13. The fraction of sp³-hybridized carbons (Fsp3) is 0.133. The van der Waals surface area contributed by atoms with Gasteiger partial charge in [-0.1, -0.05) is 12.1 Å². The van der Waals surface area contributed by atoms with Crippen LogP contribution in [-0.2, 0) is 0 Å². The molecule has 0 fully saturated rings. The van der Waals surface area contributed by atoms with Crippen molar-refractivity contribution in [2.75, 3.05) is 13.2 Å². The first-order valence-electron chi connectivity index (χ1n) is 5.99. The van der Waals surface area contributed by atoms with Crippen LogP contribution in [0.15, 0.2) is 47.3 Å². The van der Waals surface area contributed by atoms with Gasteiger partial charge in [0.05, 0.1) is 6.61 Å². The summed E-state index contributed by atoms with van der Waals surface area (Å²) in [5.74, 6) is 0.674. The van der Waals surface area contributed by atoms with Crippen molar-refractivity contribution in [3.05, 3.63) is 52.7 Å². The van der Waals surface area contributed by atoms with Gasteiger partial charge < -0.3 is 9.84 Å². The molecule has 1 aromatic heterocycles. The van der Waals surface area contributed by atoms with E-state index < -0.39 is 0 Å². The summed E-state index contributed by atoms with van der Waals surface area (Å²) in [5.41, 5.74) is 0.0538. The summed E-state index contributed by atoms with van der Waals surface area (Å²) in [6.07, 6.45) is 0. The topological polar surface area (TPSA) is 46.5 Å². The van der Waals surface area contributed by atoms with E-state index in [0.717, 1.165) is 14.8 Å². The van der Waals surface area contributed by atoms with Crippen molar-refractivity contribution in [3.8, 4) is 5.75 Å². The van der Waals surface area contributed by atoms with Crippen LogP contribution in [0.2, 0.25) is 0 Å². The molecule has 0 aliphatic rings. The normalized spacial score (nSPS) is 11.0. The van der Waals surface area contributed by atoms with Crippen LogP contribution in [0, 0.1) is 0 Å². The first kappa shape index (κ1) is 12.1. The number of aliphatic hydroxyl groups excluding tert-OH is 1. The van der Waals surface area contributed by atoms with Crippen LogP contribution in [0.5, 0.6) is 5.75 Å². The maximum atomic E-state index is 12.3. The molecule has 0 atom stereocenters. The maximum Gasteiger partial charge on any atom is 0.195 e. The van der Waals surface area contributed by atoms with Crippen LogP contribution in [0.3, 0.4) is 0 Å². The Morgan fingerprint density at radius 2 is 1.84 bits per heavy atom. The summed E-state index contributed by atoms with van der Waals surface area (Å²) in [6, 6.07) is 13.0. The third-order valence-corrected chi connectivity index (χ3v) is 4.04. The van der Waals surface area contributed by atoms with Gasteiger partial charge in [0, 0.05) is 20.2 Å². The second-order valence-corrected chi connectivity index (χ2v) is 5.24. The SMILES string of the molecule is O=c1c2ccccc2sc2cc(OCCO)ccc12. The van der Waals surface area contributed by atoms with E-state index in [1.54, 1.807) is 23.5 Å². The van der Waals surface area contributed by atoms with Crippen LogP contribution in [-0.4, -0.2) is 18.3 Å². The van der Waals surface area contributed by atoms with Crippen LogP contribution in [0.4, 0.5) is 0 Å². The fourth-order valence-electron chi connectivity index (χ4n) is 2.03. The number of hydrogen-bond donors (Lipinski definition) is 1. The molecule has 0 unspecified atom stereocenters.